The third-order valence-corrected chi connectivity index (χ3v) is 3.40. The van der Waals surface area contributed by atoms with Crippen molar-refractivity contribution in [1.29, 1.82) is 0 Å². The maximum absolute atomic E-state index is 12.0. The highest BCUT2D eigenvalue weighted by molar-refractivity contribution is 5.81. The standard InChI is InChI=1S/C13H25NO2/c1-10(2)8-12(3,4)11(15)14-9-13(16)6-5-7-13/h10,16H,5-9H2,1-4H3,(H,14,15). The van der Waals surface area contributed by atoms with Crippen molar-refractivity contribution < 1.29 is 9.90 Å². The van der Waals surface area contributed by atoms with E-state index in [9.17, 15) is 9.90 Å². The van der Waals surface area contributed by atoms with Gasteiger partial charge in [-0.1, -0.05) is 27.7 Å². The lowest BCUT2D eigenvalue weighted by Crippen LogP contribution is -2.50. The third-order valence-electron chi connectivity index (χ3n) is 3.40. The number of hydrogen-bond acceptors (Lipinski definition) is 2. The van der Waals surface area contributed by atoms with Crippen molar-refractivity contribution in [2.75, 3.05) is 6.54 Å². The topological polar surface area (TPSA) is 49.3 Å². The van der Waals surface area contributed by atoms with Crippen LogP contribution in [0.1, 0.15) is 53.4 Å². The van der Waals surface area contributed by atoms with E-state index in [1.165, 1.54) is 0 Å². The number of amides is 1. The molecule has 0 aliphatic heterocycles. The van der Waals surface area contributed by atoms with Gasteiger partial charge in [-0.15, -0.1) is 0 Å². The zero-order valence-corrected chi connectivity index (χ0v) is 11.0. The lowest BCUT2D eigenvalue weighted by molar-refractivity contribution is -0.132. The van der Waals surface area contributed by atoms with Crippen LogP contribution in [0.5, 0.6) is 0 Å². The Hall–Kier alpha value is -0.570. The van der Waals surface area contributed by atoms with E-state index >= 15 is 0 Å². The number of hydrogen-bond donors (Lipinski definition) is 2. The summed E-state index contributed by atoms with van der Waals surface area (Å²) in [5.41, 5.74) is -0.960. The van der Waals surface area contributed by atoms with E-state index in [4.69, 9.17) is 0 Å². The SMILES string of the molecule is CC(C)CC(C)(C)C(=O)NCC1(O)CCC1. The monoisotopic (exact) mass is 227 g/mol. The molecule has 1 aliphatic rings. The average Bonchev–Trinajstić information content (AvgIpc) is 2.08. The van der Waals surface area contributed by atoms with E-state index in [2.05, 4.69) is 19.2 Å². The quantitative estimate of drug-likeness (QED) is 0.755. The molecule has 0 aromatic heterocycles. The predicted octanol–water partition coefficient (Wildman–Crippen LogP) is 2.09. The van der Waals surface area contributed by atoms with Crippen LogP contribution in [0.25, 0.3) is 0 Å². The van der Waals surface area contributed by atoms with E-state index in [0.717, 1.165) is 25.7 Å². The summed E-state index contributed by atoms with van der Waals surface area (Å²) in [4.78, 5) is 12.0. The van der Waals surface area contributed by atoms with Crippen LogP contribution in [0.3, 0.4) is 0 Å². The van der Waals surface area contributed by atoms with Gasteiger partial charge in [0.1, 0.15) is 0 Å². The molecule has 0 unspecified atom stereocenters. The van der Waals surface area contributed by atoms with E-state index in [1.807, 2.05) is 13.8 Å². The first-order chi connectivity index (χ1) is 7.25. The molecule has 3 nitrogen and oxygen atoms in total. The summed E-state index contributed by atoms with van der Waals surface area (Å²) in [6.45, 7) is 8.58. The van der Waals surface area contributed by atoms with E-state index < -0.39 is 5.60 Å². The van der Waals surface area contributed by atoms with Crippen molar-refractivity contribution in [3.8, 4) is 0 Å². The molecule has 0 radical (unpaired) electrons. The first kappa shape index (κ1) is 13.5. The molecule has 1 aliphatic carbocycles. The van der Waals surface area contributed by atoms with Crippen LogP contribution in [0.2, 0.25) is 0 Å². The van der Waals surface area contributed by atoms with Gasteiger partial charge in [-0.3, -0.25) is 4.79 Å². The van der Waals surface area contributed by atoms with Crippen LogP contribution in [-0.2, 0) is 4.79 Å². The molecule has 0 heterocycles. The molecule has 0 atom stereocenters. The van der Waals surface area contributed by atoms with Crippen LogP contribution >= 0.6 is 0 Å². The van der Waals surface area contributed by atoms with E-state index in [1.54, 1.807) is 0 Å². The Balaban J connectivity index is 2.38. The van der Waals surface area contributed by atoms with Crippen molar-refractivity contribution in [2.24, 2.45) is 11.3 Å². The van der Waals surface area contributed by atoms with Gasteiger partial charge >= 0.3 is 0 Å². The van der Waals surface area contributed by atoms with Crippen LogP contribution < -0.4 is 5.32 Å². The van der Waals surface area contributed by atoms with Gasteiger partial charge in [-0.05, 0) is 31.6 Å². The molecule has 1 fully saturated rings. The fourth-order valence-corrected chi connectivity index (χ4v) is 2.36. The summed E-state index contributed by atoms with van der Waals surface area (Å²) in [7, 11) is 0. The highest BCUT2D eigenvalue weighted by atomic mass is 16.3. The van der Waals surface area contributed by atoms with Gasteiger partial charge < -0.3 is 10.4 Å². The highest BCUT2D eigenvalue weighted by Gasteiger charge is 2.36. The second-order valence-corrected chi connectivity index (χ2v) is 6.24. The van der Waals surface area contributed by atoms with Crippen molar-refractivity contribution in [1.82, 2.24) is 5.32 Å². The summed E-state index contributed by atoms with van der Waals surface area (Å²) in [5, 5.41) is 12.8. The zero-order chi connectivity index (χ0) is 12.4. The minimum Gasteiger partial charge on any atom is -0.388 e. The third kappa shape index (κ3) is 3.48. The molecule has 0 bridgehead atoms. The number of nitrogens with one attached hydrogen (secondary N) is 1. The summed E-state index contributed by atoms with van der Waals surface area (Å²) in [5.74, 6) is 0.564. The molecule has 16 heavy (non-hydrogen) atoms. The molecule has 94 valence electrons. The minimum atomic E-state index is -0.621. The summed E-state index contributed by atoms with van der Waals surface area (Å²) >= 11 is 0. The molecule has 1 rings (SSSR count). The molecule has 2 N–H and O–H groups in total. The van der Waals surface area contributed by atoms with Crippen molar-refractivity contribution in [2.45, 2.75) is 59.0 Å². The maximum Gasteiger partial charge on any atom is 0.225 e. The number of carbonyl (C=O) groups is 1. The molecule has 0 aromatic carbocycles. The Morgan fingerprint density at radius 1 is 1.44 bits per heavy atom. The Bertz CT molecular complexity index is 255. The fraction of sp³-hybridized carbons (Fsp3) is 0.923. The van der Waals surface area contributed by atoms with E-state index in [-0.39, 0.29) is 11.3 Å². The van der Waals surface area contributed by atoms with Gasteiger partial charge in [-0.2, -0.15) is 0 Å². The zero-order valence-electron chi connectivity index (χ0n) is 11.0. The van der Waals surface area contributed by atoms with E-state index in [0.29, 0.717) is 12.5 Å². The molecule has 1 amide bonds. The van der Waals surface area contributed by atoms with Crippen LogP contribution in [0.4, 0.5) is 0 Å². The number of carbonyl (C=O) groups excluding carboxylic acids is 1. The summed E-state index contributed by atoms with van der Waals surface area (Å²) < 4.78 is 0. The molecular formula is C13H25NO2. The second kappa shape index (κ2) is 4.74. The lowest BCUT2D eigenvalue weighted by atomic mass is 9.79. The number of rotatable bonds is 5. The van der Waals surface area contributed by atoms with Gasteiger partial charge in [0.25, 0.3) is 0 Å². The maximum atomic E-state index is 12.0. The molecule has 0 spiro atoms. The predicted molar refractivity (Wildman–Crippen MR) is 65.0 cm³/mol. The summed E-state index contributed by atoms with van der Waals surface area (Å²) in [6.07, 6.45) is 3.58. The molecule has 0 aromatic rings. The van der Waals surface area contributed by atoms with Gasteiger partial charge in [0.15, 0.2) is 0 Å². The Labute approximate surface area is 98.6 Å². The van der Waals surface area contributed by atoms with Gasteiger partial charge in [-0.25, -0.2) is 0 Å². The Morgan fingerprint density at radius 2 is 2.00 bits per heavy atom. The first-order valence-electron chi connectivity index (χ1n) is 6.26. The normalized spacial score (nSPS) is 19.4. The molecular weight excluding hydrogens is 202 g/mol. The smallest absolute Gasteiger partial charge is 0.225 e. The van der Waals surface area contributed by atoms with Gasteiger partial charge in [0.2, 0.25) is 5.91 Å². The van der Waals surface area contributed by atoms with Gasteiger partial charge in [0.05, 0.1) is 5.60 Å². The Morgan fingerprint density at radius 3 is 2.38 bits per heavy atom. The van der Waals surface area contributed by atoms with Crippen molar-refractivity contribution in [3.63, 3.8) is 0 Å². The largest absolute Gasteiger partial charge is 0.388 e. The summed E-state index contributed by atoms with van der Waals surface area (Å²) in [6, 6.07) is 0. The van der Waals surface area contributed by atoms with Crippen LogP contribution in [0, 0.1) is 11.3 Å². The van der Waals surface area contributed by atoms with Crippen molar-refractivity contribution >= 4 is 5.91 Å². The lowest BCUT2D eigenvalue weighted by Gasteiger charge is -2.37. The highest BCUT2D eigenvalue weighted by Crippen LogP contribution is 2.31. The average molecular weight is 227 g/mol. The van der Waals surface area contributed by atoms with Crippen molar-refractivity contribution in [3.05, 3.63) is 0 Å². The fourth-order valence-electron chi connectivity index (χ4n) is 2.36. The van der Waals surface area contributed by atoms with Gasteiger partial charge in [0, 0.05) is 12.0 Å². The van der Waals surface area contributed by atoms with Crippen LogP contribution in [-0.4, -0.2) is 23.2 Å². The van der Waals surface area contributed by atoms with Crippen LogP contribution in [0.15, 0.2) is 0 Å². The number of aliphatic hydroxyl groups is 1. The molecule has 3 heteroatoms. The second-order valence-electron chi connectivity index (χ2n) is 6.24. The molecule has 1 saturated carbocycles. The minimum absolute atomic E-state index is 0.0570. The Kier molecular flexibility index (Phi) is 4.00. The molecule has 0 saturated heterocycles. The first-order valence-corrected chi connectivity index (χ1v) is 6.26.